The molecule has 0 amide bonds. The van der Waals surface area contributed by atoms with Crippen LogP contribution in [0.4, 0.5) is 0 Å². The Balaban J connectivity index is 2.33. The SMILES string of the molecule is CNC(Cn1cc(C)cnc1=O)c1ccc(C)cc1C. The smallest absolute Gasteiger partial charge is 0.312 e. The standard InChI is InChI=1S/C16H21N3O/c1-11-5-6-14(13(3)7-11)15(17-4)10-19-9-12(2)8-18-16(19)20/h5-9,15,17H,10H2,1-4H3. The van der Waals surface area contributed by atoms with Gasteiger partial charge in [-0.25, -0.2) is 9.78 Å². The lowest BCUT2D eigenvalue weighted by atomic mass is 9.99. The second-order valence-electron chi connectivity index (χ2n) is 5.27. The average molecular weight is 271 g/mol. The van der Waals surface area contributed by atoms with E-state index in [0.717, 1.165) is 5.56 Å². The summed E-state index contributed by atoms with van der Waals surface area (Å²) in [7, 11) is 1.91. The van der Waals surface area contributed by atoms with Crippen molar-refractivity contribution in [1.82, 2.24) is 14.9 Å². The lowest BCUT2D eigenvalue weighted by Gasteiger charge is -2.20. The van der Waals surface area contributed by atoms with Crippen LogP contribution in [0.3, 0.4) is 0 Å². The highest BCUT2D eigenvalue weighted by Crippen LogP contribution is 2.20. The van der Waals surface area contributed by atoms with Crippen LogP contribution in [-0.4, -0.2) is 16.6 Å². The number of hydrogen-bond acceptors (Lipinski definition) is 3. The molecule has 1 atom stereocenters. The third-order valence-electron chi connectivity index (χ3n) is 3.51. The monoisotopic (exact) mass is 271 g/mol. The van der Waals surface area contributed by atoms with Crippen molar-refractivity contribution in [2.75, 3.05) is 7.05 Å². The lowest BCUT2D eigenvalue weighted by Crippen LogP contribution is -2.30. The molecule has 2 rings (SSSR count). The van der Waals surface area contributed by atoms with Crippen LogP contribution in [0, 0.1) is 20.8 Å². The summed E-state index contributed by atoms with van der Waals surface area (Å²) in [5.74, 6) is 0. The van der Waals surface area contributed by atoms with Gasteiger partial charge >= 0.3 is 5.69 Å². The van der Waals surface area contributed by atoms with Gasteiger partial charge in [0.25, 0.3) is 0 Å². The number of benzene rings is 1. The van der Waals surface area contributed by atoms with Gasteiger partial charge in [0, 0.05) is 18.9 Å². The van der Waals surface area contributed by atoms with E-state index in [4.69, 9.17) is 0 Å². The van der Waals surface area contributed by atoms with Crippen molar-refractivity contribution >= 4 is 0 Å². The Kier molecular flexibility index (Phi) is 4.35. The van der Waals surface area contributed by atoms with Crippen molar-refractivity contribution in [3.8, 4) is 0 Å². The van der Waals surface area contributed by atoms with E-state index in [9.17, 15) is 4.79 Å². The van der Waals surface area contributed by atoms with Crippen molar-refractivity contribution in [1.29, 1.82) is 0 Å². The van der Waals surface area contributed by atoms with Crippen LogP contribution >= 0.6 is 0 Å². The van der Waals surface area contributed by atoms with Crippen LogP contribution in [0.15, 0.2) is 35.4 Å². The Morgan fingerprint density at radius 2 is 2.00 bits per heavy atom. The van der Waals surface area contributed by atoms with E-state index in [1.54, 1.807) is 10.8 Å². The molecule has 2 aromatic rings. The molecule has 4 nitrogen and oxygen atoms in total. The Morgan fingerprint density at radius 1 is 1.25 bits per heavy atom. The lowest BCUT2D eigenvalue weighted by molar-refractivity contribution is 0.482. The zero-order chi connectivity index (χ0) is 14.7. The normalized spacial score (nSPS) is 12.4. The molecule has 0 bridgehead atoms. The topological polar surface area (TPSA) is 46.9 Å². The highest BCUT2D eigenvalue weighted by atomic mass is 16.1. The van der Waals surface area contributed by atoms with Crippen molar-refractivity contribution in [3.05, 3.63) is 63.3 Å². The first kappa shape index (κ1) is 14.5. The van der Waals surface area contributed by atoms with E-state index in [1.807, 2.05) is 20.2 Å². The molecule has 106 valence electrons. The molecule has 1 unspecified atom stereocenters. The number of aromatic nitrogens is 2. The van der Waals surface area contributed by atoms with Crippen LogP contribution in [-0.2, 0) is 6.54 Å². The van der Waals surface area contributed by atoms with Gasteiger partial charge < -0.3 is 5.32 Å². The number of nitrogens with one attached hydrogen (secondary N) is 1. The van der Waals surface area contributed by atoms with Crippen LogP contribution in [0.1, 0.15) is 28.3 Å². The Morgan fingerprint density at radius 3 is 2.65 bits per heavy atom. The molecule has 4 heteroatoms. The van der Waals surface area contributed by atoms with Gasteiger partial charge in [-0.1, -0.05) is 23.8 Å². The molecule has 1 aromatic heterocycles. The Labute approximate surface area is 119 Å². The van der Waals surface area contributed by atoms with E-state index < -0.39 is 0 Å². The van der Waals surface area contributed by atoms with Gasteiger partial charge in [0.1, 0.15) is 0 Å². The summed E-state index contributed by atoms with van der Waals surface area (Å²) in [5, 5.41) is 3.29. The molecule has 0 spiro atoms. The van der Waals surface area contributed by atoms with Gasteiger partial charge in [-0.15, -0.1) is 0 Å². The molecule has 0 aliphatic carbocycles. The third-order valence-corrected chi connectivity index (χ3v) is 3.51. The van der Waals surface area contributed by atoms with Gasteiger partial charge in [-0.05, 0) is 44.5 Å². The van der Waals surface area contributed by atoms with Gasteiger partial charge in [0.15, 0.2) is 0 Å². The van der Waals surface area contributed by atoms with Gasteiger partial charge in [0.2, 0.25) is 0 Å². The van der Waals surface area contributed by atoms with Crippen LogP contribution in [0.5, 0.6) is 0 Å². The van der Waals surface area contributed by atoms with E-state index in [0.29, 0.717) is 6.54 Å². The molecule has 0 fully saturated rings. The maximum Gasteiger partial charge on any atom is 0.347 e. The maximum atomic E-state index is 11.8. The minimum Gasteiger partial charge on any atom is -0.312 e. The van der Waals surface area contributed by atoms with E-state index >= 15 is 0 Å². The minimum absolute atomic E-state index is 0.0944. The molecule has 1 aromatic carbocycles. The molecule has 20 heavy (non-hydrogen) atoms. The summed E-state index contributed by atoms with van der Waals surface area (Å²) < 4.78 is 1.66. The van der Waals surface area contributed by atoms with E-state index in [2.05, 4.69) is 42.3 Å². The first-order valence-electron chi connectivity index (χ1n) is 6.78. The van der Waals surface area contributed by atoms with Gasteiger partial charge in [-0.3, -0.25) is 4.57 Å². The highest BCUT2D eigenvalue weighted by molar-refractivity contribution is 5.32. The van der Waals surface area contributed by atoms with E-state index in [1.165, 1.54) is 16.7 Å². The first-order valence-corrected chi connectivity index (χ1v) is 6.78. The predicted molar refractivity (Wildman–Crippen MR) is 81.0 cm³/mol. The number of likely N-dealkylation sites (N-methyl/N-ethyl adjacent to an activating group) is 1. The predicted octanol–water partition coefficient (Wildman–Crippen LogP) is 2.13. The second-order valence-corrected chi connectivity index (χ2v) is 5.27. The number of hydrogen-bond donors (Lipinski definition) is 1. The highest BCUT2D eigenvalue weighted by Gasteiger charge is 2.13. The maximum absolute atomic E-state index is 11.8. The third kappa shape index (κ3) is 3.14. The fraction of sp³-hybridized carbons (Fsp3) is 0.375. The zero-order valence-corrected chi connectivity index (χ0v) is 12.5. The fourth-order valence-electron chi connectivity index (χ4n) is 2.45. The molecular formula is C16H21N3O. The van der Waals surface area contributed by atoms with Crippen molar-refractivity contribution in [3.63, 3.8) is 0 Å². The van der Waals surface area contributed by atoms with E-state index in [-0.39, 0.29) is 11.7 Å². The number of aryl methyl sites for hydroxylation is 3. The fourth-order valence-corrected chi connectivity index (χ4v) is 2.45. The van der Waals surface area contributed by atoms with Gasteiger partial charge in [-0.2, -0.15) is 0 Å². The van der Waals surface area contributed by atoms with Crippen LogP contribution < -0.4 is 11.0 Å². The minimum atomic E-state index is -0.208. The van der Waals surface area contributed by atoms with Crippen molar-refractivity contribution < 1.29 is 0 Å². The molecule has 0 aliphatic rings. The molecule has 1 heterocycles. The van der Waals surface area contributed by atoms with Crippen molar-refractivity contribution in [2.45, 2.75) is 33.4 Å². The molecule has 0 aliphatic heterocycles. The average Bonchev–Trinajstić information content (AvgIpc) is 2.40. The molecular weight excluding hydrogens is 250 g/mol. The quantitative estimate of drug-likeness (QED) is 0.926. The van der Waals surface area contributed by atoms with Gasteiger partial charge in [0.05, 0.1) is 6.04 Å². The first-order chi connectivity index (χ1) is 9.51. The van der Waals surface area contributed by atoms with Crippen LogP contribution in [0.25, 0.3) is 0 Å². The summed E-state index contributed by atoms with van der Waals surface area (Å²) >= 11 is 0. The Bertz CT molecular complexity index is 661. The molecule has 1 N–H and O–H groups in total. The Hall–Kier alpha value is -1.94. The summed E-state index contributed by atoms with van der Waals surface area (Å²) in [5.41, 5.74) is 4.47. The second kappa shape index (κ2) is 6.01. The largest absolute Gasteiger partial charge is 0.347 e. The van der Waals surface area contributed by atoms with Crippen molar-refractivity contribution in [2.24, 2.45) is 0 Å². The number of nitrogens with zero attached hydrogens (tertiary/aromatic N) is 2. The van der Waals surface area contributed by atoms with Crippen LogP contribution in [0.2, 0.25) is 0 Å². The summed E-state index contributed by atoms with van der Waals surface area (Å²) in [4.78, 5) is 15.7. The molecule has 0 radical (unpaired) electrons. The summed E-state index contributed by atoms with van der Waals surface area (Å²) in [6, 6.07) is 6.48. The zero-order valence-electron chi connectivity index (χ0n) is 12.5. The molecule has 0 saturated carbocycles. The summed E-state index contributed by atoms with van der Waals surface area (Å²) in [6.07, 6.45) is 3.45. The molecule has 0 saturated heterocycles. The number of rotatable bonds is 4. The summed E-state index contributed by atoms with van der Waals surface area (Å²) in [6.45, 7) is 6.70.